The van der Waals surface area contributed by atoms with Gasteiger partial charge in [0.1, 0.15) is 11.4 Å². The van der Waals surface area contributed by atoms with Gasteiger partial charge in [0.05, 0.1) is 12.1 Å². The quantitative estimate of drug-likeness (QED) is 0.746. The lowest BCUT2D eigenvalue weighted by Gasteiger charge is -2.25. The molecule has 0 bridgehead atoms. The molecule has 2 rings (SSSR count). The Kier molecular flexibility index (Phi) is 2.86. The van der Waals surface area contributed by atoms with Crippen molar-refractivity contribution in [3.63, 3.8) is 0 Å². The second-order valence-electron chi connectivity index (χ2n) is 5.36. The van der Waals surface area contributed by atoms with Gasteiger partial charge in [0.15, 0.2) is 0 Å². The molecule has 1 aromatic carbocycles. The molecule has 1 aromatic rings. The first-order valence-corrected chi connectivity index (χ1v) is 6.01. The Morgan fingerprint density at radius 2 is 1.94 bits per heavy atom. The van der Waals surface area contributed by atoms with Gasteiger partial charge in [0.25, 0.3) is 0 Å². The van der Waals surface area contributed by atoms with Crippen LogP contribution in [0.3, 0.4) is 0 Å². The van der Waals surface area contributed by atoms with Gasteiger partial charge in [-0.1, -0.05) is 12.1 Å². The molecule has 0 unspecified atom stereocenters. The summed E-state index contributed by atoms with van der Waals surface area (Å²) in [5.74, 6) is 0.909. The molecule has 3 heteroatoms. The average Bonchev–Trinajstić information content (AvgIpc) is 2.28. The molecule has 0 fully saturated rings. The zero-order valence-electron chi connectivity index (χ0n) is 10.9. The van der Waals surface area contributed by atoms with Crippen molar-refractivity contribution in [1.82, 2.24) is 0 Å². The number of nitrogens with zero attached hydrogens (tertiary/aromatic N) is 1. The summed E-state index contributed by atoms with van der Waals surface area (Å²) in [4.78, 5) is 14.1. The van der Waals surface area contributed by atoms with Gasteiger partial charge in [-0.2, -0.15) is 0 Å². The van der Waals surface area contributed by atoms with E-state index in [2.05, 4.69) is 0 Å². The summed E-state index contributed by atoms with van der Waals surface area (Å²) < 4.78 is 5.93. The number of ether oxygens (including phenoxy) is 1. The molecule has 0 saturated heterocycles. The summed E-state index contributed by atoms with van der Waals surface area (Å²) in [6.07, 6.45) is 0.403. The van der Waals surface area contributed by atoms with Crippen LogP contribution in [0.2, 0.25) is 0 Å². The third-order valence-corrected chi connectivity index (χ3v) is 2.87. The van der Waals surface area contributed by atoms with Crippen molar-refractivity contribution in [2.45, 2.75) is 45.8 Å². The number of rotatable bonds is 1. The first kappa shape index (κ1) is 12.0. The lowest BCUT2D eigenvalue weighted by Crippen LogP contribution is -2.39. The third kappa shape index (κ3) is 2.28. The van der Waals surface area contributed by atoms with Gasteiger partial charge in [-0.3, -0.25) is 4.79 Å². The molecule has 0 aromatic heterocycles. The fourth-order valence-corrected chi connectivity index (χ4v) is 2.23. The van der Waals surface area contributed by atoms with E-state index in [1.165, 1.54) is 0 Å². The molecule has 0 atom stereocenters. The van der Waals surface area contributed by atoms with Crippen LogP contribution in [0.4, 0.5) is 5.69 Å². The van der Waals surface area contributed by atoms with E-state index in [0.717, 1.165) is 11.4 Å². The zero-order chi connectivity index (χ0) is 12.6. The molecule has 1 aliphatic rings. The van der Waals surface area contributed by atoms with E-state index in [0.29, 0.717) is 6.42 Å². The van der Waals surface area contributed by atoms with Crippen LogP contribution in [0.25, 0.3) is 0 Å². The molecule has 1 aliphatic heterocycles. The Balaban J connectivity index is 2.53. The standard InChI is InChI=1S/C14H19NO2/c1-10(2)15-11-7-5-6-8-12(11)17-14(3,4)9-13(15)16/h5-8,10H,9H2,1-4H3. The summed E-state index contributed by atoms with van der Waals surface area (Å²) in [7, 11) is 0. The second-order valence-corrected chi connectivity index (χ2v) is 5.36. The largest absolute Gasteiger partial charge is 0.485 e. The maximum absolute atomic E-state index is 12.3. The summed E-state index contributed by atoms with van der Waals surface area (Å²) in [6, 6.07) is 7.87. The van der Waals surface area contributed by atoms with Gasteiger partial charge in [0.2, 0.25) is 5.91 Å². The van der Waals surface area contributed by atoms with Crippen molar-refractivity contribution in [2.75, 3.05) is 4.90 Å². The predicted molar refractivity (Wildman–Crippen MR) is 68.4 cm³/mol. The number of para-hydroxylation sites is 2. The minimum absolute atomic E-state index is 0.120. The molecule has 0 radical (unpaired) electrons. The smallest absolute Gasteiger partial charge is 0.231 e. The highest BCUT2D eigenvalue weighted by Gasteiger charge is 2.34. The topological polar surface area (TPSA) is 29.5 Å². The average molecular weight is 233 g/mol. The van der Waals surface area contributed by atoms with Crippen molar-refractivity contribution in [3.8, 4) is 5.75 Å². The van der Waals surface area contributed by atoms with E-state index in [9.17, 15) is 4.79 Å². The Morgan fingerprint density at radius 1 is 1.29 bits per heavy atom. The molecule has 17 heavy (non-hydrogen) atoms. The van der Waals surface area contributed by atoms with E-state index in [1.807, 2.05) is 56.9 Å². The van der Waals surface area contributed by atoms with Crippen molar-refractivity contribution < 1.29 is 9.53 Å². The second kappa shape index (κ2) is 4.06. The lowest BCUT2D eigenvalue weighted by atomic mass is 10.0. The Hall–Kier alpha value is -1.51. The SMILES string of the molecule is CC(C)N1C(=O)CC(C)(C)Oc2ccccc21. The number of benzene rings is 1. The van der Waals surface area contributed by atoms with Crippen LogP contribution in [0.1, 0.15) is 34.1 Å². The Morgan fingerprint density at radius 3 is 2.59 bits per heavy atom. The number of anilines is 1. The molecule has 1 amide bonds. The number of hydrogen-bond donors (Lipinski definition) is 0. The van der Waals surface area contributed by atoms with Crippen LogP contribution in [0, 0.1) is 0 Å². The fraction of sp³-hybridized carbons (Fsp3) is 0.500. The Bertz CT molecular complexity index is 438. The van der Waals surface area contributed by atoms with Crippen LogP contribution in [-0.2, 0) is 4.79 Å². The maximum atomic E-state index is 12.3. The Labute approximate surface area is 102 Å². The minimum Gasteiger partial charge on any atom is -0.485 e. The number of hydrogen-bond acceptors (Lipinski definition) is 2. The molecule has 0 spiro atoms. The minimum atomic E-state index is -0.448. The van der Waals surface area contributed by atoms with Gasteiger partial charge >= 0.3 is 0 Å². The maximum Gasteiger partial charge on any atom is 0.231 e. The lowest BCUT2D eigenvalue weighted by molar-refractivity contribution is -0.121. The first-order chi connectivity index (χ1) is 7.91. The third-order valence-electron chi connectivity index (χ3n) is 2.87. The van der Waals surface area contributed by atoms with E-state index < -0.39 is 5.60 Å². The molecule has 0 aliphatic carbocycles. The predicted octanol–water partition coefficient (Wildman–Crippen LogP) is 2.99. The van der Waals surface area contributed by atoms with Gasteiger partial charge in [-0.05, 0) is 39.8 Å². The zero-order valence-corrected chi connectivity index (χ0v) is 10.9. The number of carbonyl (C=O) groups excluding carboxylic acids is 1. The number of carbonyl (C=O) groups is 1. The van der Waals surface area contributed by atoms with Crippen molar-refractivity contribution in [2.24, 2.45) is 0 Å². The molecule has 0 N–H and O–H groups in total. The fourth-order valence-electron chi connectivity index (χ4n) is 2.23. The summed E-state index contributed by atoms with van der Waals surface area (Å²) in [6.45, 7) is 7.94. The van der Waals surface area contributed by atoms with E-state index in [4.69, 9.17) is 4.74 Å². The van der Waals surface area contributed by atoms with Crippen LogP contribution in [0.15, 0.2) is 24.3 Å². The number of fused-ring (bicyclic) bond motifs is 1. The molecule has 92 valence electrons. The van der Waals surface area contributed by atoms with Crippen LogP contribution < -0.4 is 9.64 Å². The van der Waals surface area contributed by atoms with Gasteiger partial charge < -0.3 is 9.64 Å². The molecular weight excluding hydrogens is 214 g/mol. The highest BCUT2D eigenvalue weighted by Crippen LogP contribution is 2.37. The van der Waals surface area contributed by atoms with Crippen LogP contribution >= 0.6 is 0 Å². The monoisotopic (exact) mass is 233 g/mol. The van der Waals surface area contributed by atoms with Crippen LogP contribution in [0.5, 0.6) is 5.75 Å². The first-order valence-electron chi connectivity index (χ1n) is 6.01. The highest BCUT2D eigenvalue weighted by atomic mass is 16.5. The van der Waals surface area contributed by atoms with Gasteiger partial charge in [-0.15, -0.1) is 0 Å². The molecule has 0 saturated carbocycles. The highest BCUT2D eigenvalue weighted by molar-refractivity contribution is 5.96. The van der Waals surface area contributed by atoms with E-state index in [1.54, 1.807) is 0 Å². The van der Waals surface area contributed by atoms with Gasteiger partial charge in [-0.25, -0.2) is 0 Å². The molecule has 3 nitrogen and oxygen atoms in total. The van der Waals surface area contributed by atoms with Crippen LogP contribution in [-0.4, -0.2) is 17.6 Å². The van der Waals surface area contributed by atoms with Crippen molar-refractivity contribution in [1.29, 1.82) is 0 Å². The van der Waals surface area contributed by atoms with E-state index in [-0.39, 0.29) is 11.9 Å². The summed E-state index contributed by atoms with van der Waals surface area (Å²) in [5.41, 5.74) is 0.426. The number of amides is 1. The van der Waals surface area contributed by atoms with Crippen molar-refractivity contribution in [3.05, 3.63) is 24.3 Å². The summed E-state index contributed by atoms with van der Waals surface area (Å²) in [5, 5.41) is 0. The van der Waals surface area contributed by atoms with E-state index >= 15 is 0 Å². The molecule has 1 heterocycles. The van der Waals surface area contributed by atoms with Gasteiger partial charge in [0, 0.05) is 6.04 Å². The normalized spacial score (nSPS) is 18.6. The summed E-state index contributed by atoms with van der Waals surface area (Å²) >= 11 is 0. The molecular formula is C14H19NO2. The van der Waals surface area contributed by atoms with Crippen molar-refractivity contribution >= 4 is 11.6 Å².